The zero-order valence-corrected chi connectivity index (χ0v) is 10.4. The summed E-state index contributed by atoms with van der Waals surface area (Å²) in [5.41, 5.74) is 6.70. The lowest BCUT2D eigenvalue weighted by Gasteiger charge is -2.14. The number of urea groups is 1. The second-order valence-corrected chi connectivity index (χ2v) is 4.25. The van der Waals surface area contributed by atoms with Crippen LogP contribution in [-0.4, -0.2) is 43.7 Å². The summed E-state index contributed by atoms with van der Waals surface area (Å²) < 4.78 is 5.60. The molecule has 1 aliphatic rings. The maximum absolute atomic E-state index is 11.3. The first-order valence-corrected chi connectivity index (χ1v) is 6.24. The molecule has 5 heteroatoms. The SMILES string of the molecule is NCCc1ccc(OCCN2CCNC2=O)cc1. The van der Waals surface area contributed by atoms with Crippen LogP contribution in [-0.2, 0) is 6.42 Å². The topological polar surface area (TPSA) is 67.6 Å². The quantitative estimate of drug-likeness (QED) is 0.775. The second-order valence-electron chi connectivity index (χ2n) is 4.25. The largest absolute Gasteiger partial charge is 0.492 e. The van der Waals surface area contributed by atoms with Gasteiger partial charge in [-0.15, -0.1) is 0 Å². The molecule has 1 heterocycles. The van der Waals surface area contributed by atoms with Gasteiger partial charge in [-0.25, -0.2) is 4.79 Å². The van der Waals surface area contributed by atoms with E-state index in [0.717, 1.165) is 25.3 Å². The molecule has 2 amide bonds. The number of amides is 2. The third-order valence-corrected chi connectivity index (χ3v) is 2.93. The maximum Gasteiger partial charge on any atom is 0.317 e. The van der Waals surface area contributed by atoms with Crippen LogP contribution in [0, 0.1) is 0 Å². The fraction of sp³-hybridized carbons (Fsp3) is 0.462. The summed E-state index contributed by atoms with van der Waals surface area (Å²) in [4.78, 5) is 13.0. The summed E-state index contributed by atoms with van der Waals surface area (Å²) in [6.45, 7) is 3.29. The molecule has 98 valence electrons. The summed E-state index contributed by atoms with van der Waals surface area (Å²) in [6.07, 6.45) is 0.883. The van der Waals surface area contributed by atoms with Crippen LogP contribution in [0.25, 0.3) is 0 Å². The van der Waals surface area contributed by atoms with Crippen LogP contribution in [0.3, 0.4) is 0 Å². The van der Waals surface area contributed by atoms with Gasteiger partial charge in [0, 0.05) is 13.1 Å². The average Bonchev–Trinajstić information content (AvgIpc) is 2.78. The van der Waals surface area contributed by atoms with Crippen LogP contribution in [0.5, 0.6) is 5.75 Å². The smallest absolute Gasteiger partial charge is 0.317 e. The molecule has 3 N–H and O–H groups in total. The van der Waals surface area contributed by atoms with Gasteiger partial charge in [0.25, 0.3) is 0 Å². The van der Waals surface area contributed by atoms with Crippen molar-refractivity contribution in [2.24, 2.45) is 5.73 Å². The molecule has 0 radical (unpaired) electrons. The standard InChI is InChI=1S/C13H19N3O2/c14-6-5-11-1-3-12(4-2-11)18-10-9-16-8-7-15-13(16)17/h1-4H,5-10,14H2,(H,15,17). The zero-order chi connectivity index (χ0) is 12.8. The molecule has 1 aliphatic heterocycles. The van der Waals surface area contributed by atoms with E-state index in [1.807, 2.05) is 24.3 Å². The predicted octanol–water partition coefficient (Wildman–Crippen LogP) is 0.592. The Morgan fingerprint density at radius 1 is 1.33 bits per heavy atom. The lowest BCUT2D eigenvalue weighted by molar-refractivity contribution is 0.202. The fourth-order valence-electron chi connectivity index (χ4n) is 1.92. The molecular formula is C13H19N3O2. The Morgan fingerprint density at radius 3 is 2.72 bits per heavy atom. The highest BCUT2D eigenvalue weighted by molar-refractivity contribution is 5.76. The van der Waals surface area contributed by atoms with E-state index in [9.17, 15) is 4.79 Å². The van der Waals surface area contributed by atoms with Crippen molar-refractivity contribution in [2.45, 2.75) is 6.42 Å². The van der Waals surface area contributed by atoms with E-state index in [2.05, 4.69) is 5.32 Å². The number of ether oxygens (including phenoxy) is 1. The molecule has 2 rings (SSSR count). The second kappa shape index (κ2) is 6.26. The molecule has 1 saturated heterocycles. The van der Waals surface area contributed by atoms with Crippen molar-refractivity contribution in [3.8, 4) is 5.75 Å². The van der Waals surface area contributed by atoms with Gasteiger partial charge in [0.2, 0.25) is 0 Å². The van der Waals surface area contributed by atoms with Crippen LogP contribution in [0.1, 0.15) is 5.56 Å². The Morgan fingerprint density at radius 2 is 2.11 bits per heavy atom. The molecule has 18 heavy (non-hydrogen) atoms. The fourth-order valence-corrected chi connectivity index (χ4v) is 1.92. The van der Waals surface area contributed by atoms with Crippen molar-refractivity contribution in [3.63, 3.8) is 0 Å². The normalized spacial score (nSPS) is 14.7. The number of nitrogens with one attached hydrogen (secondary N) is 1. The van der Waals surface area contributed by atoms with Crippen LogP contribution in [0.15, 0.2) is 24.3 Å². The van der Waals surface area contributed by atoms with Gasteiger partial charge in [-0.2, -0.15) is 0 Å². The van der Waals surface area contributed by atoms with Gasteiger partial charge in [-0.3, -0.25) is 0 Å². The monoisotopic (exact) mass is 249 g/mol. The molecule has 5 nitrogen and oxygen atoms in total. The van der Waals surface area contributed by atoms with Crippen LogP contribution in [0.4, 0.5) is 4.79 Å². The lowest BCUT2D eigenvalue weighted by atomic mass is 10.1. The summed E-state index contributed by atoms with van der Waals surface area (Å²) in [6, 6.07) is 7.91. The van der Waals surface area contributed by atoms with Gasteiger partial charge >= 0.3 is 6.03 Å². The molecule has 0 aliphatic carbocycles. The van der Waals surface area contributed by atoms with Gasteiger partial charge in [-0.05, 0) is 30.7 Å². The van der Waals surface area contributed by atoms with E-state index in [1.165, 1.54) is 5.56 Å². The van der Waals surface area contributed by atoms with Gasteiger partial charge < -0.3 is 20.7 Å². The number of carbonyl (C=O) groups is 1. The molecule has 0 atom stereocenters. The van der Waals surface area contributed by atoms with Crippen LogP contribution >= 0.6 is 0 Å². The van der Waals surface area contributed by atoms with Crippen molar-refractivity contribution in [1.29, 1.82) is 0 Å². The van der Waals surface area contributed by atoms with Crippen molar-refractivity contribution in [3.05, 3.63) is 29.8 Å². The minimum atomic E-state index is -0.00288. The van der Waals surface area contributed by atoms with Gasteiger partial charge in [-0.1, -0.05) is 12.1 Å². The van der Waals surface area contributed by atoms with E-state index in [4.69, 9.17) is 10.5 Å². The third kappa shape index (κ3) is 3.37. The number of carbonyl (C=O) groups excluding carboxylic acids is 1. The van der Waals surface area contributed by atoms with Crippen molar-refractivity contribution in [1.82, 2.24) is 10.2 Å². The third-order valence-electron chi connectivity index (χ3n) is 2.93. The number of nitrogens with two attached hydrogens (primary N) is 1. The molecule has 0 bridgehead atoms. The van der Waals surface area contributed by atoms with E-state index >= 15 is 0 Å². The average molecular weight is 249 g/mol. The Kier molecular flexibility index (Phi) is 4.41. The maximum atomic E-state index is 11.3. The molecule has 0 unspecified atom stereocenters. The number of nitrogens with zero attached hydrogens (tertiary/aromatic N) is 1. The molecule has 1 aromatic rings. The molecule has 0 aromatic heterocycles. The first kappa shape index (κ1) is 12.7. The lowest BCUT2D eigenvalue weighted by Crippen LogP contribution is -2.31. The van der Waals surface area contributed by atoms with Crippen molar-refractivity contribution >= 4 is 6.03 Å². The first-order valence-electron chi connectivity index (χ1n) is 6.24. The highest BCUT2D eigenvalue weighted by atomic mass is 16.5. The van der Waals surface area contributed by atoms with E-state index in [0.29, 0.717) is 19.7 Å². The molecular weight excluding hydrogens is 230 g/mol. The van der Waals surface area contributed by atoms with Crippen LogP contribution < -0.4 is 15.8 Å². The number of hydrogen-bond donors (Lipinski definition) is 2. The number of rotatable bonds is 6. The summed E-state index contributed by atoms with van der Waals surface area (Å²) >= 11 is 0. The van der Waals surface area contributed by atoms with E-state index in [1.54, 1.807) is 4.90 Å². The summed E-state index contributed by atoms with van der Waals surface area (Å²) in [5.74, 6) is 0.829. The van der Waals surface area contributed by atoms with Gasteiger partial charge in [0.05, 0.1) is 6.54 Å². The molecule has 1 fully saturated rings. The predicted molar refractivity (Wildman–Crippen MR) is 69.7 cm³/mol. The highest BCUT2D eigenvalue weighted by Gasteiger charge is 2.18. The van der Waals surface area contributed by atoms with Gasteiger partial charge in [0.1, 0.15) is 12.4 Å². The highest BCUT2D eigenvalue weighted by Crippen LogP contribution is 2.12. The summed E-state index contributed by atoms with van der Waals surface area (Å²) in [7, 11) is 0. The van der Waals surface area contributed by atoms with E-state index < -0.39 is 0 Å². The minimum absolute atomic E-state index is 0.00288. The molecule has 0 spiro atoms. The zero-order valence-electron chi connectivity index (χ0n) is 10.4. The van der Waals surface area contributed by atoms with Crippen molar-refractivity contribution < 1.29 is 9.53 Å². The Hall–Kier alpha value is -1.75. The van der Waals surface area contributed by atoms with Crippen LogP contribution in [0.2, 0.25) is 0 Å². The van der Waals surface area contributed by atoms with Gasteiger partial charge in [0.15, 0.2) is 0 Å². The Balaban J connectivity index is 1.74. The molecule has 0 saturated carbocycles. The Labute approximate surface area is 107 Å². The minimum Gasteiger partial charge on any atom is -0.492 e. The van der Waals surface area contributed by atoms with E-state index in [-0.39, 0.29) is 6.03 Å². The summed E-state index contributed by atoms with van der Waals surface area (Å²) in [5, 5.41) is 2.76. The van der Waals surface area contributed by atoms with Crippen molar-refractivity contribution in [2.75, 3.05) is 32.8 Å². The Bertz CT molecular complexity index is 392. The number of hydrogen-bond acceptors (Lipinski definition) is 3. The number of benzene rings is 1. The first-order chi connectivity index (χ1) is 8.79. The molecule has 1 aromatic carbocycles.